The van der Waals surface area contributed by atoms with E-state index in [1.807, 2.05) is 0 Å². The second kappa shape index (κ2) is 11.3. The largest absolute Gasteiger partial charge is 0.504 e. The minimum absolute atomic E-state index is 0.208. The Labute approximate surface area is 212 Å². The van der Waals surface area contributed by atoms with Crippen LogP contribution in [-0.4, -0.2) is 47.9 Å². The maximum atomic E-state index is 14.0. The molecule has 200 valence electrons. The Morgan fingerprint density at radius 2 is 1.03 bits per heavy atom. The number of carbonyl (C=O) groups is 4. The van der Waals surface area contributed by atoms with Gasteiger partial charge in [-0.1, -0.05) is 12.1 Å². The van der Waals surface area contributed by atoms with Crippen LogP contribution in [0.3, 0.4) is 0 Å². The van der Waals surface area contributed by atoms with Gasteiger partial charge < -0.3 is 19.7 Å². The van der Waals surface area contributed by atoms with Crippen LogP contribution in [0.5, 0.6) is 0 Å². The molecule has 0 bridgehead atoms. The Balaban J connectivity index is 2.18. The molecule has 38 heavy (non-hydrogen) atoms. The number of ether oxygens (including phenoxy) is 2. The Kier molecular flexibility index (Phi) is 8.34. The van der Waals surface area contributed by atoms with E-state index >= 15 is 0 Å². The van der Waals surface area contributed by atoms with Crippen LogP contribution in [0, 0.1) is 23.3 Å². The third kappa shape index (κ3) is 5.43. The lowest BCUT2D eigenvalue weighted by atomic mass is 9.76. The summed E-state index contributed by atoms with van der Waals surface area (Å²) < 4.78 is 64.1. The van der Waals surface area contributed by atoms with Crippen molar-refractivity contribution in [3.8, 4) is 0 Å². The minimum Gasteiger partial charge on any atom is -0.504 e. The fourth-order valence-corrected chi connectivity index (χ4v) is 4.09. The summed E-state index contributed by atoms with van der Waals surface area (Å²) in [5, 5.41) is 21.6. The number of carbonyl (C=O) groups excluding carboxylic acids is 4. The van der Waals surface area contributed by atoms with Crippen molar-refractivity contribution in [2.45, 2.75) is 24.7 Å². The molecule has 0 amide bonds. The topological polar surface area (TPSA) is 127 Å². The van der Waals surface area contributed by atoms with Crippen molar-refractivity contribution >= 4 is 23.5 Å². The van der Waals surface area contributed by atoms with E-state index in [0.29, 0.717) is 24.3 Å². The molecule has 8 nitrogen and oxygen atoms in total. The molecule has 1 aliphatic carbocycles. The lowest BCUT2D eigenvalue weighted by Gasteiger charge is -2.27. The molecule has 2 atom stereocenters. The standard InChI is InChI=1S/C26H20F4O8/c1-37-19(31)9-13(11-3-5-15(27)17(29)7-11)21-23(33)25(35)22(26(36)24(21)34)14(10-20(32)38-2)12-4-6-16(28)18(30)8-12/h3-8,13-14,33,36H,9-10H2,1-2H3. The van der Waals surface area contributed by atoms with Crippen molar-refractivity contribution in [3.63, 3.8) is 0 Å². The summed E-state index contributed by atoms with van der Waals surface area (Å²) in [4.78, 5) is 50.7. The molecule has 0 aromatic heterocycles. The van der Waals surface area contributed by atoms with Gasteiger partial charge in [0, 0.05) is 11.8 Å². The number of aliphatic hydroxyl groups excluding tert-OH is 2. The smallest absolute Gasteiger partial charge is 0.306 e. The summed E-state index contributed by atoms with van der Waals surface area (Å²) in [6.45, 7) is 0. The summed E-state index contributed by atoms with van der Waals surface area (Å²) in [5.74, 6) is -15.6. The molecule has 2 aromatic carbocycles. The Bertz CT molecular complexity index is 1290. The van der Waals surface area contributed by atoms with Gasteiger partial charge in [0.1, 0.15) is 0 Å². The van der Waals surface area contributed by atoms with Crippen molar-refractivity contribution in [1.82, 2.24) is 0 Å². The van der Waals surface area contributed by atoms with Crippen LogP contribution in [0.25, 0.3) is 0 Å². The summed E-state index contributed by atoms with van der Waals surface area (Å²) in [6.07, 6.45) is -1.45. The Morgan fingerprint density at radius 1 is 0.684 bits per heavy atom. The van der Waals surface area contributed by atoms with E-state index in [9.17, 15) is 47.0 Å². The van der Waals surface area contributed by atoms with Crippen molar-refractivity contribution in [2.24, 2.45) is 0 Å². The fourth-order valence-electron chi connectivity index (χ4n) is 4.09. The first-order valence-electron chi connectivity index (χ1n) is 10.9. The molecule has 0 spiro atoms. The first kappa shape index (κ1) is 28.1. The summed E-state index contributed by atoms with van der Waals surface area (Å²) >= 11 is 0. The Morgan fingerprint density at radius 3 is 1.32 bits per heavy atom. The third-order valence-electron chi connectivity index (χ3n) is 6.02. The number of allylic oxidation sites excluding steroid dienone is 2. The number of Topliss-reactive ketones (excluding diaryl/α,β-unsaturated/α-hetero) is 2. The zero-order valence-corrected chi connectivity index (χ0v) is 19.9. The number of aliphatic hydroxyl groups is 2. The fraction of sp³-hybridized carbons (Fsp3) is 0.231. The molecule has 0 heterocycles. The van der Waals surface area contributed by atoms with Crippen molar-refractivity contribution < 1.29 is 56.4 Å². The van der Waals surface area contributed by atoms with Crippen molar-refractivity contribution in [2.75, 3.05) is 14.2 Å². The van der Waals surface area contributed by atoms with E-state index in [-0.39, 0.29) is 11.1 Å². The predicted octanol–water partition coefficient (Wildman–Crippen LogP) is 4.01. The summed E-state index contributed by atoms with van der Waals surface area (Å²) in [6, 6.07) is 4.66. The molecule has 2 aromatic rings. The number of ketones is 2. The lowest BCUT2D eigenvalue weighted by molar-refractivity contribution is -0.142. The zero-order chi connectivity index (χ0) is 28.3. The van der Waals surface area contributed by atoms with Gasteiger partial charge in [-0.05, 0) is 35.4 Å². The normalized spacial score (nSPS) is 15.4. The van der Waals surface area contributed by atoms with Gasteiger partial charge in [-0.15, -0.1) is 0 Å². The number of hydrogen-bond donors (Lipinski definition) is 2. The highest BCUT2D eigenvalue weighted by atomic mass is 19.2. The van der Waals surface area contributed by atoms with Crippen LogP contribution in [0.2, 0.25) is 0 Å². The van der Waals surface area contributed by atoms with Crippen LogP contribution in [0.15, 0.2) is 59.1 Å². The van der Waals surface area contributed by atoms with Gasteiger partial charge in [0.25, 0.3) is 0 Å². The van der Waals surface area contributed by atoms with Crippen LogP contribution in [0.1, 0.15) is 35.8 Å². The van der Waals surface area contributed by atoms with Gasteiger partial charge in [0.2, 0.25) is 11.6 Å². The number of esters is 2. The van der Waals surface area contributed by atoms with Gasteiger partial charge >= 0.3 is 11.9 Å². The average Bonchev–Trinajstić information content (AvgIpc) is 2.89. The first-order valence-corrected chi connectivity index (χ1v) is 10.9. The number of methoxy groups -OCH3 is 2. The van der Waals surface area contributed by atoms with Crippen LogP contribution in [-0.2, 0) is 28.7 Å². The van der Waals surface area contributed by atoms with E-state index in [4.69, 9.17) is 0 Å². The van der Waals surface area contributed by atoms with Crippen molar-refractivity contribution in [3.05, 3.63) is 93.5 Å². The zero-order valence-electron chi connectivity index (χ0n) is 19.9. The second-order valence-corrected chi connectivity index (χ2v) is 8.20. The average molecular weight is 536 g/mol. The molecular formula is C26H20F4O8. The van der Waals surface area contributed by atoms with E-state index in [2.05, 4.69) is 9.47 Å². The van der Waals surface area contributed by atoms with Gasteiger partial charge in [0.05, 0.1) is 38.2 Å². The van der Waals surface area contributed by atoms with E-state index in [1.54, 1.807) is 0 Å². The molecule has 2 unspecified atom stereocenters. The van der Waals surface area contributed by atoms with E-state index in [0.717, 1.165) is 26.4 Å². The highest BCUT2D eigenvalue weighted by Gasteiger charge is 2.43. The summed E-state index contributed by atoms with van der Waals surface area (Å²) in [7, 11) is 2.00. The quantitative estimate of drug-likeness (QED) is 0.294. The highest BCUT2D eigenvalue weighted by molar-refractivity contribution is 6.24. The predicted molar refractivity (Wildman–Crippen MR) is 121 cm³/mol. The lowest BCUT2D eigenvalue weighted by Crippen LogP contribution is -2.31. The maximum absolute atomic E-state index is 14.0. The molecule has 12 heteroatoms. The van der Waals surface area contributed by atoms with Crippen LogP contribution >= 0.6 is 0 Å². The van der Waals surface area contributed by atoms with Gasteiger partial charge in [0.15, 0.2) is 34.8 Å². The number of benzene rings is 2. The highest BCUT2D eigenvalue weighted by Crippen LogP contribution is 2.41. The van der Waals surface area contributed by atoms with Crippen LogP contribution in [0.4, 0.5) is 17.6 Å². The molecule has 0 saturated carbocycles. The first-order chi connectivity index (χ1) is 17.9. The van der Waals surface area contributed by atoms with Crippen molar-refractivity contribution in [1.29, 1.82) is 0 Å². The molecule has 0 radical (unpaired) electrons. The number of halogens is 4. The number of rotatable bonds is 8. The maximum Gasteiger partial charge on any atom is 0.306 e. The number of hydrogen-bond acceptors (Lipinski definition) is 8. The van der Waals surface area contributed by atoms with E-state index < -0.39 is 94.1 Å². The molecule has 2 N–H and O–H groups in total. The SMILES string of the molecule is COC(=O)CC(C1=C(O)C(=O)C(C(CC(=O)OC)c2ccc(F)c(F)c2)=C(O)C1=O)c1ccc(F)c(F)c1. The van der Waals surface area contributed by atoms with Gasteiger partial charge in [-0.3, -0.25) is 19.2 Å². The molecular weight excluding hydrogens is 516 g/mol. The van der Waals surface area contributed by atoms with E-state index in [1.165, 1.54) is 0 Å². The third-order valence-corrected chi connectivity index (χ3v) is 6.02. The molecule has 0 fully saturated rings. The molecule has 1 aliphatic rings. The molecule has 0 aliphatic heterocycles. The monoisotopic (exact) mass is 536 g/mol. The van der Waals surface area contributed by atoms with Gasteiger partial charge in [-0.2, -0.15) is 0 Å². The van der Waals surface area contributed by atoms with Crippen LogP contribution < -0.4 is 0 Å². The minimum atomic E-state index is -1.57. The molecule has 0 saturated heterocycles. The molecule has 3 rings (SSSR count). The second-order valence-electron chi connectivity index (χ2n) is 8.20. The summed E-state index contributed by atoms with van der Waals surface area (Å²) in [5.41, 5.74) is -2.07. The Hall–Kier alpha value is -4.48. The van der Waals surface area contributed by atoms with Gasteiger partial charge in [-0.25, -0.2) is 17.6 Å².